The summed E-state index contributed by atoms with van der Waals surface area (Å²) < 4.78 is 0. The molecule has 0 saturated heterocycles. The number of rotatable bonds is 4. The maximum absolute atomic E-state index is 11.7. The molecule has 4 heteroatoms. The zero-order valence-corrected chi connectivity index (χ0v) is 9.40. The first-order chi connectivity index (χ1) is 7.15. The Kier molecular flexibility index (Phi) is 4.09. The third-order valence-electron chi connectivity index (χ3n) is 2.28. The highest BCUT2D eigenvalue weighted by atomic mass is 16.2. The molecule has 0 aliphatic rings. The molecule has 1 heterocycles. The fraction of sp³-hybridized carbons (Fsp3) is 0.455. The monoisotopic (exact) mass is 207 g/mol. The summed E-state index contributed by atoms with van der Waals surface area (Å²) in [5.41, 5.74) is 0.912. The Morgan fingerprint density at radius 2 is 2.13 bits per heavy atom. The number of pyridine rings is 1. The Morgan fingerprint density at radius 1 is 1.53 bits per heavy atom. The van der Waals surface area contributed by atoms with Crippen LogP contribution in [0.25, 0.3) is 0 Å². The molecular weight excluding hydrogens is 190 g/mol. The summed E-state index contributed by atoms with van der Waals surface area (Å²) in [4.78, 5) is 17.3. The zero-order chi connectivity index (χ0) is 11.3. The Balaban J connectivity index is 2.56. The van der Waals surface area contributed by atoms with Crippen molar-refractivity contribution >= 4 is 11.6 Å². The second kappa shape index (κ2) is 5.34. The van der Waals surface area contributed by atoms with E-state index in [1.165, 1.54) is 0 Å². The van der Waals surface area contributed by atoms with Crippen LogP contribution in [0, 0.1) is 0 Å². The van der Waals surface area contributed by atoms with E-state index in [0.717, 1.165) is 12.2 Å². The van der Waals surface area contributed by atoms with E-state index in [0.29, 0.717) is 0 Å². The lowest BCUT2D eigenvalue weighted by Gasteiger charge is -2.21. The van der Waals surface area contributed by atoms with Gasteiger partial charge in [-0.05, 0) is 26.0 Å². The summed E-state index contributed by atoms with van der Waals surface area (Å²) in [5, 5.41) is 3.13. The summed E-state index contributed by atoms with van der Waals surface area (Å²) in [7, 11) is 1.80. The molecule has 0 fully saturated rings. The second-order valence-electron chi connectivity index (χ2n) is 3.45. The quantitative estimate of drug-likeness (QED) is 0.810. The maximum atomic E-state index is 11.7. The minimum atomic E-state index is -0.211. The maximum Gasteiger partial charge on any atom is 0.244 e. The molecule has 0 radical (unpaired) electrons. The van der Waals surface area contributed by atoms with Gasteiger partial charge in [-0.1, -0.05) is 0 Å². The van der Waals surface area contributed by atoms with E-state index in [4.69, 9.17) is 0 Å². The second-order valence-corrected chi connectivity index (χ2v) is 3.45. The molecule has 0 spiro atoms. The van der Waals surface area contributed by atoms with Crippen LogP contribution in [0.2, 0.25) is 0 Å². The molecule has 1 unspecified atom stereocenters. The zero-order valence-electron chi connectivity index (χ0n) is 9.40. The van der Waals surface area contributed by atoms with E-state index in [9.17, 15) is 4.79 Å². The molecule has 0 aromatic carbocycles. The largest absolute Gasteiger partial charge is 0.374 e. The van der Waals surface area contributed by atoms with Gasteiger partial charge in [-0.15, -0.1) is 0 Å². The number of likely N-dealkylation sites (N-methyl/N-ethyl adjacent to an activating group) is 1. The number of anilines is 1. The van der Waals surface area contributed by atoms with Crippen molar-refractivity contribution in [2.45, 2.75) is 19.9 Å². The number of carbonyl (C=O) groups is 1. The fourth-order valence-electron chi connectivity index (χ4n) is 1.25. The molecule has 1 atom stereocenters. The minimum Gasteiger partial charge on any atom is -0.374 e. The standard InChI is InChI=1S/C11H17N3O/c1-4-14(3)11(15)9(2)13-10-5-7-12-8-6-10/h5-9H,4H2,1-3H3,(H,12,13). The van der Waals surface area contributed by atoms with Gasteiger partial charge in [0.05, 0.1) is 0 Å². The molecule has 1 amide bonds. The molecule has 0 aliphatic heterocycles. The highest BCUT2D eigenvalue weighted by molar-refractivity contribution is 5.83. The SMILES string of the molecule is CCN(C)C(=O)C(C)Nc1ccncc1. The van der Waals surface area contributed by atoms with Crippen LogP contribution in [-0.4, -0.2) is 35.4 Å². The van der Waals surface area contributed by atoms with Gasteiger partial charge in [-0.2, -0.15) is 0 Å². The number of carbonyl (C=O) groups excluding carboxylic acids is 1. The molecule has 1 rings (SSSR count). The lowest BCUT2D eigenvalue weighted by Crippen LogP contribution is -2.38. The fourth-order valence-corrected chi connectivity index (χ4v) is 1.25. The van der Waals surface area contributed by atoms with E-state index in [1.807, 2.05) is 26.0 Å². The highest BCUT2D eigenvalue weighted by Gasteiger charge is 2.15. The van der Waals surface area contributed by atoms with Gasteiger partial charge in [0, 0.05) is 31.7 Å². The minimum absolute atomic E-state index is 0.0920. The summed E-state index contributed by atoms with van der Waals surface area (Å²) >= 11 is 0. The third kappa shape index (κ3) is 3.23. The van der Waals surface area contributed by atoms with Crippen LogP contribution < -0.4 is 5.32 Å². The van der Waals surface area contributed by atoms with Gasteiger partial charge in [0.15, 0.2) is 0 Å². The highest BCUT2D eigenvalue weighted by Crippen LogP contribution is 2.06. The summed E-state index contributed by atoms with van der Waals surface area (Å²) in [6.07, 6.45) is 3.39. The van der Waals surface area contributed by atoms with Crippen molar-refractivity contribution in [3.05, 3.63) is 24.5 Å². The number of nitrogens with zero attached hydrogens (tertiary/aromatic N) is 2. The number of hydrogen-bond donors (Lipinski definition) is 1. The van der Waals surface area contributed by atoms with Crippen LogP contribution in [0.1, 0.15) is 13.8 Å². The van der Waals surface area contributed by atoms with Crippen molar-refractivity contribution in [3.63, 3.8) is 0 Å². The first-order valence-corrected chi connectivity index (χ1v) is 5.06. The van der Waals surface area contributed by atoms with Crippen LogP contribution in [-0.2, 0) is 4.79 Å². The van der Waals surface area contributed by atoms with E-state index < -0.39 is 0 Å². The molecule has 0 saturated carbocycles. The van der Waals surface area contributed by atoms with Crippen LogP contribution in [0.5, 0.6) is 0 Å². The predicted octanol–water partition coefficient (Wildman–Crippen LogP) is 1.36. The number of nitrogens with one attached hydrogen (secondary N) is 1. The third-order valence-corrected chi connectivity index (χ3v) is 2.28. The average molecular weight is 207 g/mol. The number of aromatic nitrogens is 1. The number of amides is 1. The topological polar surface area (TPSA) is 45.2 Å². The van der Waals surface area contributed by atoms with E-state index in [2.05, 4.69) is 10.3 Å². The van der Waals surface area contributed by atoms with Gasteiger partial charge in [-0.3, -0.25) is 9.78 Å². The van der Waals surface area contributed by atoms with E-state index in [1.54, 1.807) is 24.3 Å². The Morgan fingerprint density at radius 3 is 2.67 bits per heavy atom. The molecule has 15 heavy (non-hydrogen) atoms. The predicted molar refractivity (Wildman–Crippen MR) is 60.6 cm³/mol. The van der Waals surface area contributed by atoms with E-state index in [-0.39, 0.29) is 11.9 Å². The van der Waals surface area contributed by atoms with E-state index >= 15 is 0 Å². The van der Waals surface area contributed by atoms with Crippen LogP contribution in [0.4, 0.5) is 5.69 Å². The summed E-state index contributed by atoms with van der Waals surface area (Å²) in [6, 6.07) is 3.48. The summed E-state index contributed by atoms with van der Waals surface area (Å²) in [5.74, 6) is 0.0920. The van der Waals surface area contributed by atoms with Gasteiger partial charge in [0.1, 0.15) is 6.04 Å². The molecule has 0 bridgehead atoms. The molecule has 0 aliphatic carbocycles. The van der Waals surface area contributed by atoms with Crippen LogP contribution in [0.15, 0.2) is 24.5 Å². The average Bonchev–Trinajstić information content (AvgIpc) is 2.28. The van der Waals surface area contributed by atoms with Gasteiger partial charge >= 0.3 is 0 Å². The van der Waals surface area contributed by atoms with Gasteiger partial charge < -0.3 is 10.2 Å². The summed E-state index contributed by atoms with van der Waals surface area (Å²) in [6.45, 7) is 4.53. The van der Waals surface area contributed by atoms with Crippen molar-refractivity contribution in [1.82, 2.24) is 9.88 Å². The van der Waals surface area contributed by atoms with Crippen molar-refractivity contribution in [2.24, 2.45) is 0 Å². The molecular formula is C11H17N3O. The van der Waals surface area contributed by atoms with Gasteiger partial charge in [0.2, 0.25) is 5.91 Å². The Hall–Kier alpha value is -1.58. The van der Waals surface area contributed by atoms with Crippen LogP contribution in [0.3, 0.4) is 0 Å². The normalized spacial score (nSPS) is 11.9. The molecule has 1 aromatic heterocycles. The first kappa shape index (κ1) is 11.5. The Bertz CT molecular complexity index is 313. The van der Waals surface area contributed by atoms with Gasteiger partial charge in [-0.25, -0.2) is 0 Å². The Labute approximate surface area is 90.3 Å². The molecule has 1 N–H and O–H groups in total. The molecule has 4 nitrogen and oxygen atoms in total. The van der Waals surface area contributed by atoms with Crippen molar-refractivity contribution in [3.8, 4) is 0 Å². The molecule has 82 valence electrons. The number of hydrogen-bond acceptors (Lipinski definition) is 3. The van der Waals surface area contributed by atoms with Crippen molar-refractivity contribution < 1.29 is 4.79 Å². The van der Waals surface area contributed by atoms with Crippen LogP contribution >= 0.6 is 0 Å². The lowest BCUT2D eigenvalue weighted by atomic mass is 10.2. The molecule has 1 aromatic rings. The smallest absolute Gasteiger partial charge is 0.244 e. The van der Waals surface area contributed by atoms with Gasteiger partial charge in [0.25, 0.3) is 0 Å². The van der Waals surface area contributed by atoms with Crippen molar-refractivity contribution in [1.29, 1.82) is 0 Å². The van der Waals surface area contributed by atoms with Crippen molar-refractivity contribution in [2.75, 3.05) is 18.9 Å². The first-order valence-electron chi connectivity index (χ1n) is 5.06. The lowest BCUT2D eigenvalue weighted by molar-refractivity contribution is -0.130.